The van der Waals surface area contributed by atoms with E-state index in [0.29, 0.717) is 18.3 Å². The second-order valence-corrected chi connectivity index (χ2v) is 7.95. The Bertz CT molecular complexity index is 1170. The molecule has 4 rings (SSSR count). The molecule has 0 N–H and O–H groups in total. The van der Waals surface area contributed by atoms with E-state index in [-0.39, 0.29) is 11.5 Å². The molecule has 0 bridgehead atoms. The Kier molecular flexibility index (Phi) is 5.94. The lowest BCUT2D eigenvalue weighted by Crippen LogP contribution is -2.05. The van der Waals surface area contributed by atoms with Gasteiger partial charge in [-0.25, -0.2) is 14.2 Å². The van der Waals surface area contributed by atoms with Gasteiger partial charge in [0, 0.05) is 9.13 Å². The number of benzene rings is 3. The van der Waals surface area contributed by atoms with Crippen LogP contribution in [0, 0.1) is 16.3 Å². The van der Waals surface area contributed by atoms with Gasteiger partial charge in [0.2, 0.25) is 5.90 Å². The van der Waals surface area contributed by atoms with E-state index < -0.39 is 5.97 Å². The lowest BCUT2D eigenvalue weighted by atomic mass is 10.1. The Morgan fingerprint density at radius 1 is 1.10 bits per heavy atom. The summed E-state index contributed by atoms with van der Waals surface area (Å²) in [5.41, 5.74) is 3.72. The predicted molar refractivity (Wildman–Crippen MR) is 122 cm³/mol. The SMILES string of the molecule is Cc1cc(C2=N/C(=C\c3cccc(OCc4ccc(F)cc4)c3)C(=O)O2)ccc1I. The second-order valence-electron chi connectivity index (χ2n) is 6.79. The molecule has 1 aliphatic heterocycles. The van der Waals surface area contributed by atoms with Gasteiger partial charge in [-0.2, -0.15) is 0 Å². The normalized spacial score (nSPS) is 14.6. The van der Waals surface area contributed by atoms with Crippen molar-refractivity contribution in [2.45, 2.75) is 13.5 Å². The van der Waals surface area contributed by atoms with E-state index in [4.69, 9.17) is 9.47 Å². The summed E-state index contributed by atoms with van der Waals surface area (Å²) >= 11 is 2.25. The van der Waals surface area contributed by atoms with Crippen LogP contribution in [0.3, 0.4) is 0 Å². The molecule has 0 aliphatic carbocycles. The molecule has 1 aliphatic rings. The van der Waals surface area contributed by atoms with E-state index in [1.807, 2.05) is 49.4 Å². The molecule has 0 aromatic heterocycles. The van der Waals surface area contributed by atoms with Crippen molar-refractivity contribution >= 4 is 40.5 Å². The molecule has 1 heterocycles. The van der Waals surface area contributed by atoms with Gasteiger partial charge in [-0.15, -0.1) is 0 Å². The van der Waals surface area contributed by atoms with Crippen molar-refractivity contribution in [2.24, 2.45) is 4.99 Å². The van der Waals surface area contributed by atoms with Crippen LogP contribution in [0.4, 0.5) is 4.39 Å². The number of esters is 1. The van der Waals surface area contributed by atoms with Gasteiger partial charge < -0.3 is 9.47 Å². The summed E-state index contributed by atoms with van der Waals surface area (Å²) in [6.45, 7) is 2.31. The van der Waals surface area contributed by atoms with Gasteiger partial charge in [0.05, 0.1) is 0 Å². The molecule has 3 aromatic carbocycles. The quantitative estimate of drug-likeness (QED) is 0.251. The summed E-state index contributed by atoms with van der Waals surface area (Å²) in [4.78, 5) is 16.6. The standard InChI is InChI=1S/C24H17FINO3/c1-15-11-18(7-10-21(15)26)23-27-22(24(28)30-23)13-17-3-2-4-20(12-17)29-14-16-5-8-19(25)9-6-16/h2-13H,14H2,1H3/b22-13-. The lowest BCUT2D eigenvalue weighted by molar-refractivity contribution is -0.129. The molecule has 0 saturated heterocycles. The van der Waals surface area contributed by atoms with E-state index in [9.17, 15) is 9.18 Å². The Labute approximate surface area is 187 Å². The molecule has 0 saturated carbocycles. The van der Waals surface area contributed by atoms with Gasteiger partial charge in [-0.3, -0.25) is 0 Å². The highest BCUT2D eigenvalue weighted by atomic mass is 127. The van der Waals surface area contributed by atoms with Crippen molar-refractivity contribution in [3.63, 3.8) is 0 Å². The van der Waals surface area contributed by atoms with Crippen molar-refractivity contribution in [3.8, 4) is 5.75 Å². The summed E-state index contributed by atoms with van der Waals surface area (Å²) in [6, 6.07) is 19.3. The maximum absolute atomic E-state index is 13.0. The molecule has 0 atom stereocenters. The third-order valence-electron chi connectivity index (χ3n) is 4.51. The summed E-state index contributed by atoms with van der Waals surface area (Å²) in [7, 11) is 0. The largest absolute Gasteiger partial charge is 0.489 e. The number of halogens is 2. The van der Waals surface area contributed by atoms with E-state index in [1.54, 1.807) is 18.2 Å². The lowest BCUT2D eigenvalue weighted by Gasteiger charge is -2.07. The van der Waals surface area contributed by atoms with Crippen molar-refractivity contribution in [1.82, 2.24) is 0 Å². The highest BCUT2D eigenvalue weighted by molar-refractivity contribution is 14.1. The average Bonchev–Trinajstić information content (AvgIpc) is 3.10. The number of cyclic esters (lactones) is 1. The van der Waals surface area contributed by atoms with Crippen LogP contribution in [0.5, 0.6) is 5.75 Å². The predicted octanol–water partition coefficient (Wildman–Crippen LogP) is 5.66. The van der Waals surface area contributed by atoms with Crippen molar-refractivity contribution in [1.29, 1.82) is 0 Å². The van der Waals surface area contributed by atoms with Gasteiger partial charge in [-0.05, 0) is 94.7 Å². The molecular formula is C24H17FINO3. The molecule has 0 radical (unpaired) electrons. The average molecular weight is 513 g/mol. The molecule has 150 valence electrons. The number of hydrogen-bond donors (Lipinski definition) is 0. The minimum atomic E-state index is -0.487. The van der Waals surface area contributed by atoms with Gasteiger partial charge >= 0.3 is 5.97 Å². The Balaban J connectivity index is 1.51. The number of rotatable bonds is 5. The molecule has 30 heavy (non-hydrogen) atoms. The first-order valence-electron chi connectivity index (χ1n) is 9.24. The van der Waals surface area contributed by atoms with Gasteiger partial charge in [0.25, 0.3) is 0 Å². The fourth-order valence-corrected chi connectivity index (χ4v) is 3.25. The second kappa shape index (κ2) is 8.79. The van der Waals surface area contributed by atoms with Crippen LogP contribution < -0.4 is 4.74 Å². The van der Waals surface area contributed by atoms with E-state index in [0.717, 1.165) is 25.8 Å². The minimum absolute atomic E-state index is 0.233. The zero-order valence-electron chi connectivity index (χ0n) is 16.1. The minimum Gasteiger partial charge on any atom is -0.489 e. The molecular weight excluding hydrogens is 496 g/mol. The molecule has 3 aromatic rings. The number of hydrogen-bond acceptors (Lipinski definition) is 4. The van der Waals surface area contributed by atoms with Crippen LogP contribution in [0.1, 0.15) is 22.3 Å². The molecule has 6 heteroatoms. The maximum Gasteiger partial charge on any atom is 0.363 e. The van der Waals surface area contributed by atoms with Crippen LogP contribution >= 0.6 is 22.6 Å². The number of carbonyl (C=O) groups is 1. The first-order valence-corrected chi connectivity index (χ1v) is 10.3. The maximum atomic E-state index is 13.0. The van der Waals surface area contributed by atoms with Crippen molar-refractivity contribution in [3.05, 3.63) is 104 Å². The van der Waals surface area contributed by atoms with Crippen molar-refractivity contribution < 1.29 is 18.7 Å². The molecule has 0 spiro atoms. The molecule has 0 fully saturated rings. The first kappa shape index (κ1) is 20.3. The Morgan fingerprint density at radius 2 is 1.90 bits per heavy atom. The molecule has 0 amide bonds. The van der Waals surface area contributed by atoms with Gasteiger partial charge in [0.15, 0.2) is 5.70 Å². The summed E-state index contributed by atoms with van der Waals surface area (Å²) in [6.07, 6.45) is 1.67. The van der Waals surface area contributed by atoms with Crippen LogP contribution in [0.2, 0.25) is 0 Å². The fraction of sp³-hybridized carbons (Fsp3) is 0.0833. The topological polar surface area (TPSA) is 47.9 Å². The molecule has 4 nitrogen and oxygen atoms in total. The highest BCUT2D eigenvalue weighted by Crippen LogP contribution is 2.23. The van der Waals surface area contributed by atoms with Crippen molar-refractivity contribution in [2.75, 3.05) is 0 Å². The Morgan fingerprint density at radius 3 is 2.67 bits per heavy atom. The van der Waals surface area contributed by atoms with Gasteiger partial charge in [0.1, 0.15) is 18.2 Å². The van der Waals surface area contributed by atoms with Gasteiger partial charge in [-0.1, -0.05) is 24.3 Å². The fourth-order valence-electron chi connectivity index (χ4n) is 2.91. The number of ether oxygens (including phenoxy) is 2. The first-order chi connectivity index (χ1) is 14.5. The third kappa shape index (κ3) is 4.76. The number of carbonyl (C=O) groups excluding carboxylic acids is 1. The number of aliphatic imine (C=N–C) groups is 1. The van der Waals surface area contributed by atoms with Crippen LogP contribution in [-0.4, -0.2) is 11.9 Å². The van der Waals surface area contributed by atoms with Crippen LogP contribution in [0.25, 0.3) is 6.08 Å². The zero-order valence-corrected chi connectivity index (χ0v) is 18.2. The summed E-state index contributed by atoms with van der Waals surface area (Å²) in [5, 5.41) is 0. The molecule has 0 unspecified atom stereocenters. The van der Waals surface area contributed by atoms with E-state index >= 15 is 0 Å². The number of nitrogens with zero attached hydrogens (tertiary/aromatic N) is 1. The van der Waals surface area contributed by atoms with Crippen LogP contribution in [0.15, 0.2) is 77.4 Å². The zero-order chi connectivity index (χ0) is 21.1. The van der Waals surface area contributed by atoms with Crippen LogP contribution in [-0.2, 0) is 16.1 Å². The summed E-state index contributed by atoms with van der Waals surface area (Å²) in [5.74, 6) is 0.168. The monoisotopic (exact) mass is 513 g/mol. The highest BCUT2D eigenvalue weighted by Gasteiger charge is 2.24. The van der Waals surface area contributed by atoms with E-state index in [2.05, 4.69) is 27.6 Å². The number of aryl methyl sites for hydroxylation is 1. The summed E-state index contributed by atoms with van der Waals surface area (Å²) < 4.78 is 25.3. The smallest absolute Gasteiger partial charge is 0.363 e. The third-order valence-corrected chi connectivity index (χ3v) is 5.72. The van der Waals surface area contributed by atoms with E-state index in [1.165, 1.54) is 12.1 Å². The Hall–Kier alpha value is -3.00.